The topological polar surface area (TPSA) is 61.8 Å². The van der Waals surface area contributed by atoms with Crippen molar-refractivity contribution in [2.45, 2.75) is 6.54 Å². The van der Waals surface area contributed by atoms with E-state index in [1.165, 1.54) is 0 Å². The van der Waals surface area contributed by atoms with Crippen LogP contribution in [0.3, 0.4) is 0 Å². The van der Waals surface area contributed by atoms with Crippen LogP contribution in [-0.4, -0.2) is 35.9 Å². The van der Waals surface area contributed by atoms with Gasteiger partial charge < -0.3 is 10.8 Å². The van der Waals surface area contributed by atoms with Gasteiger partial charge in [0.05, 0.1) is 12.3 Å². The Kier molecular flexibility index (Phi) is 4.88. The fraction of sp³-hybridized carbons (Fsp3) is 0.211. The van der Waals surface area contributed by atoms with Gasteiger partial charge in [0.2, 0.25) is 0 Å². The van der Waals surface area contributed by atoms with Crippen molar-refractivity contribution in [2.24, 2.45) is 10.7 Å². The molecule has 0 aromatic heterocycles. The van der Waals surface area contributed by atoms with E-state index in [0.29, 0.717) is 11.6 Å². The Balaban J connectivity index is 2.01. The highest BCUT2D eigenvalue weighted by atomic mass is 35.5. The second-order valence-corrected chi connectivity index (χ2v) is 6.40. The van der Waals surface area contributed by atoms with Crippen LogP contribution in [0, 0.1) is 0 Å². The quantitative estimate of drug-likeness (QED) is 0.839. The van der Waals surface area contributed by atoms with Gasteiger partial charge in [0.15, 0.2) is 0 Å². The molecule has 0 amide bonds. The monoisotopic (exact) mass is 341 g/mol. The van der Waals surface area contributed by atoms with E-state index >= 15 is 0 Å². The molecule has 24 heavy (non-hydrogen) atoms. The fourth-order valence-electron chi connectivity index (χ4n) is 2.86. The zero-order valence-electron chi connectivity index (χ0n) is 13.5. The normalized spacial score (nSPS) is 16.0. The highest BCUT2D eigenvalue weighted by Crippen LogP contribution is 2.24. The molecular formula is C19H20ClN3O. The molecule has 4 nitrogen and oxygen atoms in total. The van der Waals surface area contributed by atoms with E-state index < -0.39 is 0 Å². The van der Waals surface area contributed by atoms with E-state index in [-0.39, 0.29) is 5.75 Å². The molecular weight excluding hydrogens is 322 g/mol. The third kappa shape index (κ3) is 3.61. The molecule has 2 aromatic rings. The van der Waals surface area contributed by atoms with Gasteiger partial charge in [0, 0.05) is 34.9 Å². The number of hydrogen-bond acceptors (Lipinski definition) is 4. The third-order valence-corrected chi connectivity index (χ3v) is 4.33. The average molecular weight is 342 g/mol. The number of rotatable bonds is 4. The summed E-state index contributed by atoms with van der Waals surface area (Å²) in [4.78, 5) is 6.93. The molecule has 5 heteroatoms. The van der Waals surface area contributed by atoms with Gasteiger partial charge in [-0.15, -0.1) is 0 Å². The molecule has 3 rings (SSSR count). The number of likely N-dealkylation sites (N-methyl/N-ethyl adjacent to an activating group) is 1. The lowest BCUT2D eigenvalue weighted by Crippen LogP contribution is -2.17. The molecule has 0 unspecified atom stereocenters. The van der Waals surface area contributed by atoms with Crippen LogP contribution >= 0.6 is 11.6 Å². The Bertz CT molecular complexity index is 814. The zero-order valence-corrected chi connectivity index (χ0v) is 14.3. The van der Waals surface area contributed by atoms with Gasteiger partial charge in [-0.1, -0.05) is 41.9 Å². The van der Waals surface area contributed by atoms with Gasteiger partial charge in [-0.05, 0) is 30.8 Å². The zero-order chi connectivity index (χ0) is 17.1. The van der Waals surface area contributed by atoms with E-state index in [9.17, 15) is 5.11 Å². The Hall–Kier alpha value is -2.30. The summed E-state index contributed by atoms with van der Waals surface area (Å²) in [6.45, 7) is 1.93. The fourth-order valence-corrected chi connectivity index (χ4v) is 3.09. The van der Waals surface area contributed by atoms with Crippen molar-refractivity contribution in [1.29, 1.82) is 0 Å². The van der Waals surface area contributed by atoms with Gasteiger partial charge in [-0.25, -0.2) is 0 Å². The lowest BCUT2D eigenvalue weighted by atomic mass is 10.0. The lowest BCUT2D eigenvalue weighted by molar-refractivity contribution is 0.426. The van der Waals surface area contributed by atoms with Gasteiger partial charge in [0.1, 0.15) is 5.75 Å². The minimum Gasteiger partial charge on any atom is -0.508 e. The average Bonchev–Trinajstić information content (AvgIpc) is 2.88. The summed E-state index contributed by atoms with van der Waals surface area (Å²) in [5, 5.41) is 10.3. The van der Waals surface area contributed by atoms with Crippen LogP contribution in [0.15, 0.2) is 64.8 Å². The molecule has 0 radical (unpaired) electrons. The molecule has 0 saturated heterocycles. The molecule has 0 bridgehead atoms. The van der Waals surface area contributed by atoms with Crippen LogP contribution in [0.4, 0.5) is 0 Å². The minimum absolute atomic E-state index is 0.237. The summed E-state index contributed by atoms with van der Waals surface area (Å²) in [6.07, 6.45) is 0. The van der Waals surface area contributed by atoms with Crippen LogP contribution < -0.4 is 5.73 Å². The van der Waals surface area contributed by atoms with Crippen LogP contribution in [0.2, 0.25) is 5.02 Å². The summed E-state index contributed by atoms with van der Waals surface area (Å²) in [7, 11) is 2.03. The van der Waals surface area contributed by atoms with Crippen LogP contribution in [0.25, 0.3) is 0 Å². The van der Waals surface area contributed by atoms with Crippen molar-refractivity contribution in [3.8, 4) is 5.75 Å². The van der Waals surface area contributed by atoms with Crippen molar-refractivity contribution in [2.75, 3.05) is 20.1 Å². The molecule has 124 valence electrons. The highest BCUT2D eigenvalue weighted by Gasteiger charge is 2.23. The Morgan fingerprint density at radius 1 is 1.21 bits per heavy atom. The molecule has 0 fully saturated rings. The van der Waals surface area contributed by atoms with E-state index in [1.807, 2.05) is 43.4 Å². The molecule has 2 aromatic carbocycles. The number of hydrogen-bond donors (Lipinski definition) is 2. The van der Waals surface area contributed by atoms with Crippen molar-refractivity contribution < 1.29 is 5.11 Å². The summed E-state index contributed by atoms with van der Waals surface area (Å²) in [6, 6.07) is 14.8. The third-order valence-electron chi connectivity index (χ3n) is 4.00. The molecule has 0 spiro atoms. The number of nitrogens with two attached hydrogens (primary N) is 1. The van der Waals surface area contributed by atoms with E-state index in [0.717, 1.165) is 41.2 Å². The number of halogens is 1. The Labute approximate surface area is 146 Å². The number of aromatic hydroxyl groups is 1. The molecule has 1 aliphatic rings. The smallest absolute Gasteiger partial charge is 0.115 e. The van der Waals surface area contributed by atoms with Gasteiger partial charge in [-0.3, -0.25) is 9.89 Å². The summed E-state index contributed by atoms with van der Waals surface area (Å²) in [5.74, 6) is 0.237. The molecule has 1 aliphatic heterocycles. The first-order valence-electron chi connectivity index (χ1n) is 7.78. The largest absolute Gasteiger partial charge is 0.508 e. The number of aliphatic imine (C=N–C) groups is 1. The maximum Gasteiger partial charge on any atom is 0.115 e. The van der Waals surface area contributed by atoms with Gasteiger partial charge >= 0.3 is 0 Å². The van der Waals surface area contributed by atoms with Gasteiger partial charge in [-0.2, -0.15) is 0 Å². The van der Waals surface area contributed by atoms with Crippen molar-refractivity contribution in [3.63, 3.8) is 0 Å². The number of phenolic OH excluding ortho intramolecular Hbond substituents is 1. The molecule has 1 heterocycles. The predicted molar refractivity (Wildman–Crippen MR) is 98.5 cm³/mol. The van der Waals surface area contributed by atoms with Crippen molar-refractivity contribution in [3.05, 3.63) is 76.0 Å². The predicted octanol–water partition coefficient (Wildman–Crippen LogP) is 3.19. The summed E-state index contributed by atoms with van der Waals surface area (Å²) >= 11 is 6.39. The Morgan fingerprint density at radius 3 is 2.67 bits per heavy atom. The van der Waals surface area contributed by atoms with Crippen molar-refractivity contribution >= 4 is 17.3 Å². The van der Waals surface area contributed by atoms with Crippen molar-refractivity contribution in [1.82, 2.24) is 4.90 Å². The molecule has 3 N–H and O–H groups in total. The van der Waals surface area contributed by atoms with E-state index in [2.05, 4.69) is 4.90 Å². The first-order valence-corrected chi connectivity index (χ1v) is 8.16. The molecule has 0 saturated carbocycles. The SMILES string of the molecule is CN1CC(N)=C(C(=NCc2cccc(O)c2)c2ccccc2Cl)C1. The van der Waals surface area contributed by atoms with Crippen LogP contribution in [0.5, 0.6) is 5.75 Å². The second kappa shape index (κ2) is 7.07. The lowest BCUT2D eigenvalue weighted by Gasteiger charge is -2.12. The maximum atomic E-state index is 9.62. The first kappa shape index (κ1) is 16.6. The highest BCUT2D eigenvalue weighted by molar-refractivity contribution is 6.35. The minimum atomic E-state index is 0.237. The van der Waals surface area contributed by atoms with E-state index in [1.54, 1.807) is 12.1 Å². The maximum absolute atomic E-state index is 9.62. The number of nitrogens with zero attached hydrogens (tertiary/aromatic N) is 2. The second-order valence-electron chi connectivity index (χ2n) is 5.99. The molecule has 0 aliphatic carbocycles. The molecule has 0 atom stereocenters. The first-order chi connectivity index (χ1) is 11.5. The number of benzene rings is 2. The number of phenols is 1. The van der Waals surface area contributed by atoms with Gasteiger partial charge in [0.25, 0.3) is 0 Å². The summed E-state index contributed by atoms with van der Waals surface area (Å²) in [5.41, 5.74) is 10.7. The van der Waals surface area contributed by atoms with Crippen LogP contribution in [0.1, 0.15) is 11.1 Å². The van der Waals surface area contributed by atoms with Crippen LogP contribution in [-0.2, 0) is 6.54 Å². The Morgan fingerprint density at radius 2 is 2.00 bits per heavy atom. The van der Waals surface area contributed by atoms with E-state index in [4.69, 9.17) is 22.3 Å². The summed E-state index contributed by atoms with van der Waals surface area (Å²) < 4.78 is 0. The standard InChI is InChI=1S/C19H20ClN3O/c1-23-11-16(18(21)12-23)19(15-7-2-3-8-17(15)20)22-10-13-5-4-6-14(24)9-13/h2-9,24H,10-12,21H2,1H3.